The standard InChI is InChI=1S/C19H27N3O3/c1-4-20-19(22-12-10-16-6-5-13-25-16)21-11-9-15-7-8-17(23-2)18(14-15)24-3/h5-8,13-14H,4,9-12H2,1-3H3,(H2,20,21,22). The Bertz CT molecular complexity index is 654. The summed E-state index contributed by atoms with van der Waals surface area (Å²) in [4.78, 5) is 4.57. The van der Waals surface area contributed by atoms with E-state index in [0.29, 0.717) is 6.54 Å². The van der Waals surface area contributed by atoms with Gasteiger partial charge in [0, 0.05) is 26.1 Å². The smallest absolute Gasteiger partial charge is 0.191 e. The van der Waals surface area contributed by atoms with Gasteiger partial charge in [0.25, 0.3) is 0 Å². The maximum Gasteiger partial charge on any atom is 0.191 e. The summed E-state index contributed by atoms with van der Waals surface area (Å²) in [5.41, 5.74) is 1.18. The molecule has 1 heterocycles. The molecule has 136 valence electrons. The molecule has 6 nitrogen and oxygen atoms in total. The van der Waals surface area contributed by atoms with E-state index in [1.54, 1.807) is 20.5 Å². The average molecular weight is 345 g/mol. The highest BCUT2D eigenvalue weighted by atomic mass is 16.5. The maximum atomic E-state index is 5.34. The molecule has 6 heteroatoms. The van der Waals surface area contributed by atoms with Gasteiger partial charge in [0.2, 0.25) is 0 Å². The Balaban J connectivity index is 1.84. The van der Waals surface area contributed by atoms with E-state index in [4.69, 9.17) is 13.9 Å². The zero-order valence-electron chi connectivity index (χ0n) is 15.2. The lowest BCUT2D eigenvalue weighted by Crippen LogP contribution is -2.38. The predicted molar refractivity (Wildman–Crippen MR) is 99.6 cm³/mol. The number of guanidine groups is 1. The van der Waals surface area contributed by atoms with Crippen molar-refractivity contribution in [3.05, 3.63) is 47.9 Å². The molecule has 2 N–H and O–H groups in total. The molecule has 0 aliphatic rings. The van der Waals surface area contributed by atoms with Crippen molar-refractivity contribution in [1.29, 1.82) is 0 Å². The van der Waals surface area contributed by atoms with Crippen LogP contribution in [0.4, 0.5) is 0 Å². The number of furan rings is 1. The van der Waals surface area contributed by atoms with Crippen LogP contribution in [0.1, 0.15) is 18.2 Å². The highest BCUT2D eigenvalue weighted by Gasteiger charge is 2.05. The molecule has 0 radical (unpaired) electrons. The van der Waals surface area contributed by atoms with Crippen LogP contribution >= 0.6 is 0 Å². The monoisotopic (exact) mass is 345 g/mol. The number of benzene rings is 1. The van der Waals surface area contributed by atoms with E-state index < -0.39 is 0 Å². The molecule has 0 unspecified atom stereocenters. The first-order valence-corrected chi connectivity index (χ1v) is 8.52. The molecule has 0 bridgehead atoms. The summed E-state index contributed by atoms with van der Waals surface area (Å²) in [6.07, 6.45) is 3.34. The van der Waals surface area contributed by atoms with Crippen molar-refractivity contribution >= 4 is 5.96 Å². The number of hydrogen-bond donors (Lipinski definition) is 2. The van der Waals surface area contributed by atoms with Gasteiger partial charge < -0.3 is 24.5 Å². The number of nitrogens with one attached hydrogen (secondary N) is 2. The Kier molecular flexibility index (Phi) is 7.69. The van der Waals surface area contributed by atoms with Crippen molar-refractivity contribution in [2.45, 2.75) is 19.8 Å². The lowest BCUT2D eigenvalue weighted by molar-refractivity contribution is 0.354. The van der Waals surface area contributed by atoms with Crippen LogP contribution in [0.2, 0.25) is 0 Å². The Hall–Kier alpha value is -2.63. The van der Waals surface area contributed by atoms with Crippen LogP contribution in [0, 0.1) is 0 Å². The van der Waals surface area contributed by atoms with Gasteiger partial charge >= 0.3 is 0 Å². The lowest BCUT2D eigenvalue weighted by Gasteiger charge is -2.12. The van der Waals surface area contributed by atoms with E-state index in [9.17, 15) is 0 Å². The molecule has 0 amide bonds. The third-order valence-electron chi connectivity index (χ3n) is 3.71. The molecular formula is C19H27N3O3. The molecular weight excluding hydrogens is 318 g/mol. The summed E-state index contributed by atoms with van der Waals surface area (Å²) < 4.78 is 15.9. The number of rotatable bonds is 9. The first-order chi connectivity index (χ1) is 12.3. The first kappa shape index (κ1) is 18.7. The van der Waals surface area contributed by atoms with E-state index in [-0.39, 0.29) is 0 Å². The Morgan fingerprint density at radius 2 is 1.92 bits per heavy atom. The number of hydrogen-bond acceptors (Lipinski definition) is 4. The van der Waals surface area contributed by atoms with Crippen molar-refractivity contribution in [2.75, 3.05) is 33.9 Å². The molecule has 1 aromatic heterocycles. The van der Waals surface area contributed by atoms with E-state index in [2.05, 4.69) is 22.5 Å². The van der Waals surface area contributed by atoms with Crippen LogP contribution in [0.25, 0.3) is 0 Å². The van der Waals surface area contributed by atoms with Gasteiger partial charge in [-0.2, -0.15) is 0 Å². The van der Waals surface area contributed by atoms with Crippen LogP contribution in [-0.4, -0.2) is 39.8 Å². The van der Waals surface area contributed by atoms with Crippen molar-refractivity contribution in [1.82, 2.24) is 10.6 Å². The minimum Gasteiger partial charge on any atom is -0.493 e. The highest BCUT2D eigenvalue weighted by molar-refractivity contribution is 5.79. The Morgan fingerprint density at radius 1 is 1.08 bits per heavy atom. The summed E-state index contributed by atoms with van der Waals surface area (Å²) in [6, 6.07) is 9.83. The van der Waals surface area contributed by atoms with Gasteiger partial charge in [-0.05, 0) is 43.2 Å². The maximum absolute atomic E-state index is 5.34. The van der Waals surface area contributed by atoms with Gasteiger partial charge in [-0.25, -0.2) is 0 Å². The van der Waals surface area contributed by atoms with Crippen LogP contribution < -0.4 is 20.1 Å². The largest absolute Gasteiger partial charge is 0.493 e. The second-order valence-electron chi connectivity index (χ2n) is 5.46. The van der Waals surface area contributed by atoms with E-state index in [1.165, 1.54) is 5.56 Å². The third kappa shape index (κ3) is 6.06. The van der Waals surface area contributed by atoms with Gasteiger partial charge in [-0.3, -0.25) is 4.99 Å². The molecule has 25 heavy (non-hydrogen) atoms. The van der Waals surface area contributed by atoms with Crippen LogP contribution in [0.3, 0.4) is 0 Å². The minimum absolute atomic E-state index is 0.680. The van der Waals surface area contributed by atoms with Gasteiger partial charge in [0.15, 0.2) is 17.5 Å². The fourth-order valence-corrected chi connectivity index (χ4v) is 2.44. The van der Waals surface area contributed by atoms with Crippen molar-refractivity contribution in [3.8, 4) is 11.5 Å². The molecule has 0 aliphatic heterocycles. The van der Waals surface area contributed by atoms with Gasteiger partial charge in [0.05, 0.1) is 20.5 Å². The fourth-order valence-electron chi connectivity index (χ4n) is 2.44. The van der Waals surface area contributed by atoms with E-state index in [0.717, 1.165) is 49.1 Å². The van der Waals surface area contributed by atoms with Crippen LogP contribution in [-0.2, 0) is 12.8 Å². The third-order valence-corrected chi connectivity index (χ3v) is 3.71. The molecule has 2 rings (SSSR count). The summed E-state index contributed by atoms with van der Waals surface area (Å²) in [5.74, 6) is 3.26. The number of aliphatic imine (C=N–C) groups is 1. The molecule has 1 aromatic carbocycles. The molecule has 0 saturated carbocycles. The fraction of sp³-hybridized carbons (Fsp3) is 0.421. The van der Waals surface area contributed by atoms with Crippen molar-refractivity contribution in [3.63, 3.8) is 0 Å². The quantitative estimate of drug-likeness (QED) is 0.540. The molecule has 0 aliphatic carbocycles. The second-order valence-corrected chi connectivity index (χ2v) is 5.46. The van der Waals surface area contributed by atoms with Crippen molar-refractivity contribution < 1.29 is 13.9 Å². The highest BCUT2D eigenvalue weighted by Crippen LogP contribution is 2.27. The van der Waals surface area contributed by atoms with Crippen LogP contribution in [0.15, 0.2) is 46.0 Å². The van der Waals surface area contributed by atoms with Gasteiger partial charge in [-0.15, -0.1) is 0 Å². The Labute approximate surface area is 149 Å². The van der Waals surface area contributed by atoms with Gasteiger partial charge in [0.1, 0.15) is 5.76 Å². The zero-order valence-corrected chi connectivity index (χ0v) is 15.2. The molecule has 0 atom stereocenters. The normalized spacial score (nSPS) is 11.2. The molecule has 0 saturated heterocycles. The summed E-state index contributed by atoms with van der Waals surface area (Å²) in [7, 11) is 3.29. The second kappa shape index (κ2) is 10.3. The minimum atomic E-state index is 0.680. The summed E-state index contributed by atoms with van der Waals surface area (Å²) in [6.45, 7) is 4.34. The Morgan fingerprint density at radius 3 is 2.60 bits per heavy atom. The number of ether oxygens (including phenoxy) is 2. The van der Waals surface area contributed by atoms with E-state index >= 15 is 0 Å². The van der Waals surface area contributed by atoms with Crippen LogP contribution in [0.5, 0.6) is 11.5 Å². The summed E-state index contributed by atoms with van der Waals surface area (Å²) in [5, 5.41) is 6.60. The SMILES string of the molecule is CCNC(=NCCc1ccco1)NCCc1ccc(OC)c(OC)c1. The summed E-state index contributed by atoms with van der Waals surface area (Å²) >= 11 is 0. The average Bonchev–Trinajstić information content (AvgIpc) is 3.15. The molecule has 0 spiro atoms. The predicted octanol–water partition coefficient (Wildman–Crippen LogP) is 2.64. The molecule has 2 aromatic rings. The zero-order chi connectivity index (χ0) is 17.9. The topological polar surface area (TPSA) is 68.0 Å². The first-order valence-electron chi connectivity index (χ1n) is 8.52. The molecule has 0 fully saturated rings. The van der Waals surface area contributed by atoms with Gasteiger partial charge in [-0.1, -0.05) is 6.07 Å². The number of nitrogens with zero attached hydrogens (tertiary/aromatic N) is 1. The lowest BCUT2D eigenvalue weighted by atomic mass is 10.1. The number of methoxy groups -OCH3 is 2. The van der Waals surface area contributed by atoms with E-state index in [1.807, 2.05) is 30.3 Å². The van der Waals surface area contributed by atoms with Crippen molar-refractivity contribution in [2.24, 2.45) is 4.99 Å².